The Morgan fingerprint density at radius 2 is 1.83 bits per heavy atom. The van der Waals surface area contributed by atoms with Crippen molar-refractivity contribution in [3.63, 3.8) is 0 Å². The molecule has 0 radical (unpaired) electrons. The molecule has 0 amide bonds. The first kappa shape index (κ1) is 25.8. The lowest BCUT2D eigenvalue weighted by atomic mass is 9.67. The Morgan fingerprint density at radius 3 is 2.51 bits per heavy atom. The van der Waals surface area contributed by atoms with Gasteiger partial charge in [-0.2, -0.15) is 0 Å². The van der Waals surface area contributed by atoms with Gasteiger partial charge in [0.05, 0.1) is 6.42 Å². The predicted octanol–water partition coefficient (Wildman–Crippen LogP) is 7.45. The first-order chi connectivity index (χ1) is 16.6. The molecule has 0 saturated heterocycles. The smallest absolute Gasteiger partial charge is 0.345 e. The normalized spacial score (nSPS) is 26.3. The number of hydrogen-bond acceptors (Lipinski definition) is 5. The van der Waals surface area contributed by atoms with E-state index in [4.69, 9.17) is 14.2 Å². The number of cyclic esters (lactones) is 1. The standard InChI is InChI=1S/C30H42O5/c1-7-9-11-12-21-17-24-26(22-16-19(3)13-14-23(22)29(5,6)33-24)27-25(21)28(32)35-30(34-27,15-10-8-2)18-20(4)31/h16-17,22-23H,7-15,18H2,1-6H3. The van der Waals surface area contributed by atoms with Crippen molar-refractivity contribution in [3.8, 4) is 11.5 Å². The summed E-state index contributed by atoms with van der Waals surface area (Å²) in [6.45, 7) is 12.3. The van der Waals surface area contributed by atoms with E-state index >= 15 is 0 Å². The third-order valence-corrected chi connectivity index (χ3v) is 7.96. The van der Waals surface area contributed by atoms with Gasteiger partial charge in [-0.25, -0.2) is 4.79 Å². The van der Waals surface area contributed by atoms with Crippen molar-refractivity contribution in [1.82, 2.24) is 0 Å². The molecule has 35 heavy (non-hydrogen) atoms. The van der Waals surface area contributed by atoms with E-state index in [0.717, 1.165) is 68.2 Å². The summed E-state index contributed by atoms with van der Waals surface area (Å²) in [4.78, 5) is 25.9. The Morgan fingerprint density at radius 1 is 1.09 bits per heavy atom. The van der Waals surface area contributed by atoms with Crippen LogP contribution in [0.3, 0.4) is 0 Å². The van der Waals surface area contributed by atoms with Gasteiger partial charge in [0.25, 0.3) is 5.79 Å². The molecule has 3 aliphatic rings. The molecule has 0 bridgehead atoms. The number of esters is 1. The second-order valence-corrected chi connectivity index (χ2v) is 11.4. The van der Waals surface area contributed by atoms with Gasteiger partial charge in [-0.15, -0.1) is 0 Å². The van der Waals surface area contributed by atoms with Crippen molar-refractivity contribution in [3.05, 3.63) is 34.4 Å². The number of fused-ring (bicyclic) bond motifs is 5. The molecule has 2 heterocycles. The predicted molar refractivity (Wildman–Crippen MR) is 137 cm³/mol. The molecule has 5 heteroatoms. The first-order valence-corrected chi connectivity index (χ1v) is 13.6. The highest BCUT2D eigenvalue weighted by Gasteiger charge is 2.50. The summed E-state index contributed by atoms with van der Waals surface area (Å²) >= 11 is 0. The number of carbonyl (C=O) groups is 2. The third kappa shape index (κ3) is 5.01. The van der Waals surface area contributed by atoms with Gasteiger partial charge in [-0.1, -0.05) is 44.8 Å². The lowest BCUT2D eigenvalue weighted by Crippen LogP contribution is -2.49. The van der Waals surface area contributed by atoms with Crippen LogP contribution >= 0.6 is 0 Å². The van der Waals surface area contributed by atoms with E-state index in [1.54, 1.807) is 0 Å². The Hall–Kier alpha value is -2.30. The molecule has 0 aromatic heterocycles. The lowest BCUT2D eigenvalue weighted by molar-refractivity contribution is -0.170. The molecule has 1 aromatic carbocycles. The van der Waals surface area contributed by atoms with E-state index in [-0.39, 0.29) is 35.6 Å². The quantitative estimate of drug-likeness (QED) is 0.208. The summed E-state index contributed by atoms with van der Waals surface area (Å²) in [5, 5.41) is 0. The second-order valence-electron chi connectivity index (χ2n) is 11.4. The summed E-state index contributed by atoms with van der Waals surface area (Å²) in [7, 11) is 0. The van der Waals surface area contributed by atoms with Crippen LogP contribution in [0.1, 0.15) is 127 Å². The summed E-state index contributed by atoms with van der Waals surface area (Å²) < 4.78 is 19.4. The van der Waals surface area contributed by atoms with Gasteiger partial charge in [0, 0.05) is 23.8 Å². The number of benzene rings is 1. The first-order valence-electron chi connectivity index (χ1n) is 13.6. The number of ketones is 1. The SMILES string of the molecule is CCCCCc1cc2c(c3c1C(=O)OC(CCCC)(CC(C)=O)O3)C1C=C(C)CCC1C(C)(C)O2. The Bertz CT molecular complexity index is 1020. The molecule has 0 fully saturated rings. The molecular weight excluding hydrogens is 440 g/mol. The minimum atomic E-state index is -1.25. The zero-order valence-corrected chi connectivity index (χ0v) is 22.4. The number of allylic oxidation sites excluding steroid dienone is 2. The van der Waals surface area contributed by atoms with Crippen molar-refractivity contribution in [2.45, 2.75) is 123 Å². The monoisotopic (exact) mass is 482 g/mol. The highest BCUT2D eigenvalue weighted by Crippen LogP contribution is 2.56. The Labute approximate surface area is 210 Å². The van der Waals surface area contributed by atoms with Gasteiger partial charge >= 0.3 is 5.97 Å². The number of aryl methyl sites for hydroxylation is 1. The van der Waals surface area contributed by atoms with Crippen molar-refractivity contribution in [2.75, 3.05) is 0 Å². The van der Waals surface area contributed by atoms with Crippen LogP contribution in [0.25, 0.3) is 0 Å². The highest BCUT2D eigenvalue weighted by molar-refractivity contribution is 5.97. The minimum Gasteiger partial charge on any atom is -0.487 e. The number of unbranched alkanes of at least 4 members (excludes halogenated alkanes) is 3. The molecule has 1 aliphatic carbocycles. The van der Waals surface area contributed by atoms with Gasteiger partial charge in [-0.3, -0.25) is 4.79 Å². The number of ether oxygens (including phenoxy) is 3. The summed E-state index contributed by atoms with van der Waals surface area (Å²) in [6, 6.07) is 2.06. The van der Waals surface area contributed by atoms with Crippen LogP contribution in [-0.2, 0) is 16.0 Å². The minimum absolute atomic E-state index is 0.0472. The molecule has 0 saturated carbocycles. The topological polar surface area (TPSA) is 61.8 Å². The molecule has 1 aromatic rings. The van der Waals surface area contributed by atoms with E-state index in [1.807, 2.05) is 0 Å². The Kier molecular flexibility index (Phi) is 7.36. The van der Waals surface area contributed by atoms with Crippen molar-refractivity contribution < 1.29 is 23.8 Å². The van der Waals surface area contributed by atoms with Crippen LogP contribution in [-0.4, -0.2) is 23.1 Å². The maximum atomic E-state index is 13.7. The second kappa shape index (κ2) is 9.99. The van der Waals surface area contributed by atoms with Crippen LogP contribution in [0.2, 0.25) is 0 Å². The third-order valence-electron chi connectivity index (χ3n) is 7.96. The zero-order valence-electron chi connectivity index (χ0n) is 22.4. The van der Waals surface area contributed by atoms with Crippen LogP contribution in [0.5, 0.6) is 11.5 Å². The van der Waals surface area contributed by atoms with E-state index in [0.29, 0.717) is 17.7 Å². The molecule has 192 valence electrons. The maximum absolute atomic E-state index is 13.7. The number of rotatable bonds is 9. The molecule has 3 unspecified atom stereocenters. The van der Waals surface area contributed by atoms with Gasteiger partial charge in [0.2, 0.25) is 0 Å². The van der Waals surface area contributed by atoms with Crippen molar-refractivity contribution in [2.24, 2.45) is 5.92 Å². The lowest BCUT2D eigenvalue weighted by Gasteiger charge is -2.48. The van der Waals surface area contributed by atoms with Crippen LogP contribution in [0.4, 0.5) is 0 Å². The molecule has 3 atom stereocenters. The molecule has 5 nitrogen and oxygen atoms in total. The van der Waals surface area contributed by atoms with E-state index in [2.05, 4.69) is 46.8 Å². The summed E-state index contributed by atoms with van der Waals surface area (Å²) in [5.41, 5.74) is 3.46. The van der Waals surface area contributed by atoms with Gasteiger partial charge in [0.15, 0.2) is 0 Å². The maximum Gasteiger partial charge on any atom is 0.345 e. The van der Waals surface area contributed by atoms with Crippen molar-refractivity contribution >= 4 is 11.8 Å². The Balaban J connectivity index is 1.92. The molecular formula is C30H42O5. The summed E-state index contributed by atoms with van der Waals surface area (Å²) in [6.07, 6.45) is 10.7. The van der Waals surface area contributed by atoms with Crippen LogP contribution in [0.15, 0.2) is 17.7 Å². The van der Waals surface area contributed by atoms with E-state index in [1.165, 1.54) is 12.5 Å². The number of Topliss-reactive ketones (excluding diaryl/α,β-unsaturated/α-hetero) is 1. The van der Waals surface area contributed by atoms with E-state index in [9.17, 15) is 9.59 Å². The van der Waals surface area contributed by atoms with Gasteiger partial charge in [0.1, 0.15) is 28.4 Å². The van der Waals surface area contributed by atoms with E-state index < -0.39 is 5.79 Å². The van der Waals surface area contributed by atoms with Crippen LogP contribution in [0, 0.1) is 5.92 Å². The number of carbonyl (C=O) groups excluding carboxylic acids is 2. The molecule has 0 spiro atoms. The average molecular weight is 483 g/mol. The fourth-order valence-electron chi connectivity index (χ4n) is 6.20. The van der Waals surface area contributed by atoms with Gasteiger partial charge < -0.3 is 14.2 Å². The summed E-state index contributed by atoms with van der Waals surface area (Å²) in [5.74, 6) is 0.136. The van der Waals surface area contributed by atoms with Crippen molar-refractivity contribution in [1.29, 1.82) is 0 Å². The van der Waals surface area contributed by atoms with Gasteiger partial charge in [-0.05, 0) is 71.4 Å². The fraction of sp³-hybridized carbons (Fsp3) is 0.667. The van der Waals surface area contributed by atoms with Crippen LogP contribution < -0.4 is 9.47 Å². The molecule has 0 N–H and O–H groups in total. The zero-order chi connectivity index (χ0) is 25.4. The largest absolute Gasteiger partial charge is 0.487 e. The highest BCUT2D eigenvalue weighted by atomic mass is 16.7. The molecule has 4 rings (SSSR count). The molecule has 2 aliphatic heterocycles. The number of hydrogen-bond donors (Lipinski definition) is 0. The average Bonchev–Trinajstić information content (AvgIpc) is 2.76. The fourth-order valence-corrected chi connectivity index (χ4v) is 6.20.